The zero-order chi connectivity index (χ0) is 59.5. The van der Waals surface area contributed by atoms with Crippen molar-refractivity contribution in [1.82, 2.24) is 4.98 Å². The number of hydrogen-bond donors (Lipinski definition) is 4. The van der Waals surface area contributed by atoms with Crippen molar-refractivity contribution in [2.45, 2.75) is 101 Å². The highest BCUT2D eigenvalue weighted by Gasteiger charge is 2.29. The quantitative estimate of drug-likeness (QED) is 0.0411. The Morgan fingerprint density at radius 1 is 0.598 bits per heavy atom. The molecule has 9 rings (SSSR count). The number of halogens is 2. The van der Waals surface area contributed by atoms with Crippen LogP contribution in [0.5, 0.6) is 46.0 Å². The van der Waals surface area contributed by atoms with Gasteiger partial charge in [0.15, 0.2) is 51.8 Å². The number of ether oxygens (including phenoxy) is 9. The van der Waals surface area contributed by atoms with E-state index in [-0.39, 0.29) is 65.0 Å². The molecule has 4 N–H and O–H groups in total. The van der Waals surface area contributed by atoms with Crippen LogP contribution in [0.2, 0.25) is 5.02 Å². The van der Waals surface area contributed by atoms with Crippen molar-refractivity contribution in [3.8, 4) is 57.3 Å². The number of benzene rings is 5. The standard InChI is InChI=1S/C28H30ClFN2O4.C13H16O4.C12H14O4.C9H10O4/c1-28(34,26-12-10-22(31-2)27(32-26)18-7-9-21(30)20(29)15-18)14-13-23(33)17-8-11-24(25(16-17)35-3)36-19-5-4-6-19;1-15-12-8-9(13(14)16-2)6-7-11(12)17-10-4-3-5-10;1-15-11-7-8(12(13)14)5-6-10(11)16-9-3-2-4-9;1-12-8-5-6(9(11)13-2)3-4-7(8)10/h7-12,15-16,19,31,34H,4-6,13-14H2,1-3H3;6-8,10H,3-5H2,1-2H3;5-7,9H,2-4H2,1H3,(H,13,14);3-5,10H,1-2H3. The minimum Gasteiger partial charge on any atom is -0.504 e. The third-order valence-electron chi connectivity index (χ3n) is 13.9. The van der Waals surface area contributed by atoms with Gasteiger partial charge >= 0.3 is 17.9 Å². The Kier molecular flexibility index (Phi) is 23.0. The van der Waals surface area contributed by atoms with Gasteiger partial charge in [-0.2, -0.15) is 0 Å². The molecule has 0 saturated heterocycles. The number of ketones is 1. The van der Waals surface area contributed by atoms with Gasteiger partial charge in [0.1, 0.15) is 11.4 Å². The highest BCUT2D eigenvalue weighted by atomic mass is 35.5. The molecule has 0 amide bonds. The third kappa shape index (κ3) is 16.9. The molecule has 0 aliphatic heterocycles. The lowest BCUT2D eigenvalue weighted by molar-refractivity contribution is 0.0398. The van der Waals surface area contributed by atoms with E-state index in [9.17, 15) is 33.8 Å². The highest BCUT2D eigenvalue weighted by Crippen LogP contribution is 2.38. The third-order valence-corrected chi connectivity index (χ3v) is 14.2. The lowest BCUT2D eigenvalue weighted by atomic mass is 9.92. The van der Waals surface area contributed by atoms with Crippen molar-refractivity contribution in [1.29, 1.82) is 0 Å². The number of carbonyl (C=O) groups is 4. The molecule has 3 fully saturated rings. The van der Waals surface area contributed by atoms with Crippen LogP contribution in [0, 0.1) is 5.82 Å². The van der Waals surface area contributed by atoms with E-state index < -0.39 is 23.4 Å². The average molecular weight is 1150 g/mol. The molecule has 82 heavy (non-hydrogen) atoms. The minimum atomic E-state index is -1.38. The largest absolute Gasteiger partial charge is 0.504 e. The van der Waals surface area contributed by atoms with Crippen LogP contribution < -0.4 is 38.5 Å². The second-order valence-electron chi connectivity index (χ2n) is 19.5. The molecule has 0 radical (unpaired) electrons. The first-order valence-electron chi connectivity index (χ1n) is 26.6. The van der Waals surface area contributed by atoms with E-state index in [0.29, 0.717) is 73.8 Å². The van der Waals surface area contributed by atoms with Crippen LogP contribution in [-0.2, 0) is 15.1 Å². The normalized spacial score (nSPS) is 14.2. The maximum Gasteiger partial charge on any atom is 0.337 e. The molecule has 1 atom stereocenters. The Labute approximate surface area is 481 Å². The number of aromatic nitrogens is 1. The number of carboxylic acid groups (broad SMARTS) is 1. The molecule has 1 heterocycles. The fourth-order valence-electron chi connectivity index (χ4n) is 8.23. The SMILES string of the molecule is CNc1ccc(C(C)(O)CCC(=O)c2ccc(OC3CCC3)c(OC)c2)nc1-c1ccc(F)c(Cl)c1.COC(=O)c1ccc(O)c(OC)c1.COC(=O)c1ccc(OC2CCC2)c(OC)c1.COc1cc(C(=O)O)ccc1OC1CCC1. The summed E-state index contributed by atoms with van der Waals surface area (Å²) in [5.74, 6) is 1.31. The summed E-state index contributed by atoms with van der Waals surface area (Å²) in [4.78, 5) is 50.8. The number of aliphatic hydroxyl groups is 1. The second-order valence-corrected chi connectivity index (χ2v) is 19.9. The molecule has 0 bridgehead atoms. The summed E-state index contributed by atoms with van der Waals surface area (Å²) in [6.45, 7) is 1.62. The number of anilines is 1. The molecule has 6 aromatic rings. The first-order chi connectivity index (χ1) is 39.3. The van der Waals surface area contributed by atoms with Crippen molar-refractivity contribution in [2.75, 3.05) is 55.0 Å². The van der Waals surface area contributed by atoms with E-state index in [2.05, 4.69) is 19.8 Å². The fourth-order valence-corrected chi connectivity index (χ4v) is 8.41. The van der Waals surface area contributed by atoms with E-state index in [1.54, 1.807) is 88.9 Å². The van der Waals surface area contributed by atoms with E-state index in [1.165, 1.54) is 83.7 Å². The Bertz CT molecular complexity index is 3160. The summed E-state index contributed by atoms with van der Waals surface area (Å²) in [7, 11) is 10.4. The summed E-state index contributed by atoms with van der Waals surface area (Å²) in [6, 6.07) is 27.0. The predicted molar refractivity (Wildman–Crippen MR) is 305 cm³/mol. The van der Waals surface area contributed by atoms with Crippen molar-refractivity contribution < 1.29 is 81.5 Å². The predicted octanol–water partition coefficient (Wildman–Crippen LogP) is 12.3. The summed E-state index contributed by atoms with van der Waals surface area (Å²) >= 11 is 5.97. The van der Waals surface area contributed by atoms with Crippen LogP contribution in [-0.4, -0.2) is 112 Å². The first kappa shape index (κ1) is 62.9. The number of phenolic OH excluding ortho intramolecular Hbond substituents is 1. The van der Waals surface area contributed by atoms with Gasteiger partial charge in [0.05, 0.1) is 99.8 Å². The molecular weight excluding hydrogens is 1080 g/mol. The smallest absolute Gasteiger partial charge is 0.337 e. The van der Waals surface area contributed by atoms with Gasteiger partial charge in [-0.1, -0.05) is 11.6 Å². The molecule has 3 aliphatic carbocycles. The number of phenols is 1. The Hall–Kier alpha value is -8.29. The van der Waals surface area contributed by atoms with Crippen molar-refractivity contribution >= 4 is 41.0 Å². The van der Waals surface area contributed by atoms with E-state index in [0.717, 1.165) is 44.9 Å². The maximum absolute atomic E-state index is 13.7. The number of carbonyl (C=O) groups excluding carboxylic acids is 3. The van der Waals surface area contributed by atoms with Gasteiger partial charge in [0, 0.05) is 24.6 Å². The zero-order valence-electron chi connectivity index (χ0n) is 47.2. The highest BCUT2D eigenvalue weighted by molar-refractivity contribution is 6.31. The number of aromatic hydroxyl groups is 1. The topological polar surface area (TPSA) is 237 Å². The molecule has 1 unspecified atom stereocenters. The van der Waals surface area contributed by atoms with Crippen LogP contribution >= 0.6 is 11.6 Å². The molecule has 20 heteroatoms. The number of aromatic carboxylic acids is 1. The van der Waals surface area contributed by atoms with Gasteiger partial charge in [-0.25, -0.2) is 23.8 Å². The van der Waals surface area contributed by atoms with Gasteiger partial charge in [-0.3, -0.25) is 4.79 Å². The number of Topliss-reactive ketones (excluding diaryl/α,β-unsaturated/α-hetero) is 1. The number of pyridine rings is 1. The van der Waals surface area contributed by atoms with E-state index >= 15 is 0 Å². The van der Waals surface area contributed by atoms with Crippen molar-refractivity contribution in [2.24, 2.45) is 0 Å². The van der Waals surface area contributed by atoms with Crippen molar-refractivity contribution in [3.05, 3.63) is 142 Å². The molecule has 3 aliphatic rings. The van der Waals surface area contributed by atoms with Gasteiger partial charge in [-0.05, 0) is 174 Å². The summed E-state index contributed by atoms with van der Waals surface area (Å²) in [5.41, 5.74) is 2.35. The number of esters is 2. The van der Waals surface area contributed by atoms with Gasteiger partial charge in [0.2, 0.25) is 0 Å². The summed E-state index contributed by atoms with van der Waals surface area (Å²) in [6.07, 6.45) is 10.9. The maximum atomic E-state index is 13.7. The summed E-state index contributed by atoms with van der Waals surface area (Å²) in [5, 5.41) is 32.3. The summed E-state index contributed by atoms with van der Waals surface area (Å²) < 4.78 is 60.8. The zero-order valence-corrected chi connectivity index (χ0v) is 47.9. The van der Waals surface area contributed by atoms with Crippen molar-refractivity contribution in [3.63, 3.8) is 0 Å². The second kappa shape index (κ2) is 30.0. The number of nitrogens with zero attached hydrogens (tertiary/aromatic N) is 1. The number of carboxylic acids is 1. The molecular formula is C62H70ClFN2O16. The van der Waals surface area contributed by atoms with Crippen LogP contribution in [0.1, 0.15) is 125 Å². The Morgan fingerprint density at radius 2 is 1.04 bits per heavy atom. The Morgan fingerprint density at radius 3 is 1.46 bits per heavy atom. The van der Waals surface area contributed by atoms with E-state index in [1.807, 2.05) is 0 Å². The Balaban J connectivity index is 0.000000195. The number of methoxy groups -OCH3 is 6. The molecule has 18 nitrogen and oxygen atoms in total. The number of hydrogen-bond acceptors (Lipinski definition) is 17. The lowest BCUT2D eigenvalue weighted by Gasteiger charge is -2.27. The van der Waals surface area contributed by atoms with Crippen LogP contribution in [0.3, 0.4) is 0 Å². The minimum absolute atomic E-state index is 0.00449. The molecule has 3 saturated carbocycles. The van der Waals surface area contributed by atoms with E-state index in [4.69, 9.17) is 49.9 Å². The molecule has 5 aromatic carbocycles. The number of rotatable bonds is 20. The number of nitrogens with one attached hydrogen (secondary N) is 1. The molecule has 438 valence electrons. The van der Waals surface area contributed by atoms with Crippen LogP contribution in [0.4, 0.5) is 10.1 Å². The monoisotopic (exact) mass is 1150 g/mol. The molecule has 1 aromatic heterocycles. The lowest BCUT2D eigenvalue weighted by Crippen LogP contribution is -2.25. The fraction of sp³-hybridized carbons (Fsp3) is 0.371. The average Bonchev–Trinajstić information content (AvgIpc) is 3.66. The van der Waals surface area contributed by atoms with Crippen LogP contribution in [0.15, 0.2) is 103 Å². The van der Waals surface area contributed by atoms with Gasteiger partial charge in [-0.15, -0.1) is 0 Å². The van der Waals surface area contributed by atoms with Gasteiger partial charge in [0.25, 0.3) is 0 Å². The van der Waals surface area contributed by atoms with Gasteiger partial charge < -0.3 is 63.3 Å². The first-order valence-corrected chi connectivity index (χ1v) is 26.9. The molecule has 0 spiro atoms. The van der Waals surface area contributed by atoms with Crippen LogP contribution in [0.25, 0.3) is 11.3 Å².